The molecule has 0 aromatic carbocycles. The van der Waals surface area contributed by atoms with Crippen LogP contribution in [0.1, 0.15) is 52.4 Å². The first-order valence-corrected chi connectivity index (χ1v) is 11.9. The average molecular weight is 436 g/mol. The van der Waals surface area contributed by atoms with Crippen LogP contribution in [0.4, 0.5) is 0 Å². The maximum Gasteiger partial charge on any atom is 0.228 e. The molecule has 0 radical (unpaired) electrons. The summed E-state index contributed by atoms with van der Waals surface area (Å²) in [5, 5.41) is 9.57. The van der Waals surface area contributed by atoms with Crippen LogP contribution in [-0.2, 0) is 9.59 Å². The molecule has 0 spiro atoms. The fourth-order valence-electron chi connectivity index (χ4n) is 4.23. The lowest BCUT2D eigenvalue weighted by Crippen LogP contribution is -2.49. The van der Waals surface area contributed by atoms with E-state index in [4.69, 9.17) is 0 Å². The second-order valence-corrected chi connectivity index (χ2v) is 12.0. The highest BCUT2D eigenvalue weighted by Crippen LogP contribution is 2.38. The summed E-state index contributed by atoms with van der Waals surface area (Å²) in [6.07, 6.45) is 5.78. The normalized spacial score (nSPS) is 35.6. The number of halogens is 1. The molecule has 0 bridgehead atoms. The average Bonchev–Trinajstić information content (AvgIpc) is 3.34. The summed E-state index contributed by atoms with van der Waals surface area (Å²) in [5.74, 6) is 2.42. The van der Waals surface area contributed by atoms with Crippen LogP contribution in [0.5, 0.6) is 0 Å². The highest BCUT2D eigenvalue weighted by molar-refractivity contribution is 8.01. The molecule has 27 heavy (non-hydrogen) atoms. The molecule has 3 rings (SSSR count). The Labute approximate surface area is 178 Å². The number of nitrogens with one attached hydrogen (secondary N) is 3. The van der Waals surface area contributed by atoms with E-state index in [1.807, 2.05) is 23.5 Å². The van der Waals surface area contributed by atoms with Crippen LogP contribution in [-0.4, -0.2) is 59.0 Å². The molecule has 3 atom stereocenters. The highest BCUT2D eigenvalue weighted by Gasteiger charge is 2.44. The van der Waals surface area contributed by atoms with Gasteiger partial charge in [-0.3, -0.25) is 9.59 Å². The van der Waals surface area contributed by atoms with Gasteiger partial charge in [0.25, 0.3) is 0 Å². The third kappa shape index (κ3) is 5.94. The van der Waals surface area contributed by atoms with Crippen molar-refractivity contribution in [1.29, 1.82) is 0 Å². The minimum absolute atomic E-state index is 0. The van der Waals surface area contributed by atoms with E-state index >= 15 is 0 Å². The molecule has 0 saturated carbocycles. The van der Waals surface area contributed by atoms with Crippen molar-refractivity contribution in [2.75, 3.05) is 37.7 Å². The summed E-state index contributed by atoms with van der Waals surface area (Å²) < 4.78 is 0.312. The molecule has 3 heterocycles. The number of rotatable bonds is 7. The summed E-state index contributed by atoms with van der Waals surface area (Å²) in [4.78, 5) is 25.6. The highest BCUT2D eigenvalue weighted by atomic mass is 35.5. The maximum atomic E-state index is 13.0. The number of hydrogen-bond acceptors (Lipinski definition) is 5. The van der Waals surface area contributed by atoms with E-state index in [2.05, 4.69) is 29.8 Å². The van der Waals surface area contributed by atoms with Gasteiger partial charge >= 0.3 is 0 Å². The van der Waals surface area contributed by atoms with Gasteiger partial charge in [0.15, 0.2) is 0 Å². The van der Waals surface area contributed by atoms with E-state index in [9.17, 15) is 9.59 Å². The monoisotopic (exact) mass is 435 g/mol. The molecule has 3 N–H and O–H groups in total. The smallest absolute Gasteiger partial charge is 0.228 e. The SMILES string of the molecule is CC1(CNC(=O)CC2(C(=O)NCC3(C)CCCS3)CCNC2)CCCS1.Cl. The van der Waals surface area contributed by atoms with Crippen molar-refractivity contribution in [3.63, 3.8) is 0 Å². The van der Waals surface area contributed by atoms with E-state index in [1.54, 1.807) is 0 Å². The first kappa shape index (κ1) is 23.2. The molecule has 3 aliphatic heterocycles. The van der Waals surface area contributed by atoms with E-state index in [0.29, 0.717) is 19.6 Å². The first-order chi connectivity index (χ1) is 12.4. The molecule has 2 amide bonds. The fourth-order valence-corrected chi connectivity index (χ4v) is 6.72. The minimum atomic E-state index is -0.590. The van der Waals surface area contributed by atoms with Crippen LogP contribution in [0.2, 0.25) is 0 Å². The van der Waals surface area contributed by atoms with Gasteiger partial charge in [0.1, 0.15) is 0 Å². The standard InChI is InChI=1S/C19H33N3O2S2.ClH/c1-17(5-3-9-25-17)12-21-15(23)11-19(7-8-20-14-19)16(24)22-13-18(2)6-4-10-26-18;/h20H,3-14H2,1-2H3,(H,21,23)(H,22,24);1H. The Kier molecular flexibility index (Phi) is 8.23. The zero-order valence-electron chi connectivity index (χ0n) is 16.5. The Morgan fingerprint density at radius 3 is 2.04 bits per heavy atom. The Bertz CT molecular complexity index is 529. The zero-order chi connectivity index (χ0) is 18.7. The molecule has 3 fully saturated rings. The number of carbonyl (C=O) groups is 2. The molecule has 5 nitrogen and oxygen atoms in total. The van der Waals surface area contributed by atoms with E-state index in [-0.39, 0.29) is 40.1 Å². The van der Waals surface area contributed by atoms with Gasteiger partial charge in [-0.1, -0.05) is 0 Å². The Balaban J connectivity index is 0.00000261. The third-order valence-corrected chi connectivity index (χ3v) is 9.18. The van der Waals surface area contributed by atoms with Gasteiger partial charge in [-0.2, -0.15) is 23.5 Å². The molecule has 0 aromatic rings. The van der Waals surface area contributed by atoms with E-state index < -0.39 is 5.41 Å². The van der Waals surface area contributed by atoms with Gasteiger partial charge in [0.05, 0.1) is 5.41 Å². The summed E-state index contributed by atoms with van der Waals surface area (Å²) in [5.41, 5.74) is -0.590. The number of hydrogen-bond donors (Lipinski definition) is 3. The number of thioether (sulfide) groups is 2. The van der Waals surface area contributed by atoms with Gasteiger partial charge in [0.2, 0.25) is 11.8 Å². The van der Waals surface area contributed by atoms with Crippen LogP contribution in [0.3, 0.4) is 0 Å². The second-order valence-electron chi connectivity index (χ2n) is 8.65. The lowest BCUT2D eigenvalue weighted by Gasteiger charge is -2.30. The molecule has 156 valence electrons. The van der Waals surface area contributed by atoms with E-state index in [0.717, 1.165) is 25.8 Å². The topological polar surface area (TPSA) is 70.2 Å². The summed E-state index contributed by atoms with van der Waals surface area (Å²) in [7, 11) is 0. The van der Waals surface area contributed by atoms with Crippen molar-refractivity contribution in [2.45, 2.75) is 61.9 Å². The Hall–Kier alpha value is -0.110. The first-order valence-electron chi connectivity index (χ1n) is 9.89. The van der Waals surface area contributed by atoms with Gasteiger partial charge in [0, 0.05) is 35.5 Å². The molecule has 3 saturated heterocycles. The van der Waals surface area contributed by atoms with Gasteiger partial charge in [-0.15, -0.1) is 12.4 Å². The molecule has 3 aliphatic rings. The molecular weight excluding hydrogens is 402 g/mol. The predicted molar refractivity (Wildman–Crippen MR) is 118 cm³/mol. The zero-order valence-corrected chi connectivity index (χ0v) is 19.0. The van der Waals surface area contributed by atoms with Crippen LogP contribution in [0.15, 0.2) is 0 Å². The fraction of sp³-hybridized carbons (Fsp3) is 0.895. The number of carbonyl (C=O) groups excluding carboxylic acids is 2. The lowest BCUT2D eigenvalue weighted by atomic mass is 9.82. The maximum absolute atomic E-state index is 13.0. The summed E-state index contributed by atoms with van der Waals surface area (Å²) in [6.45, 7) is 7.27. The van der Waals surface area contributed by atoms with Crippen molar-refractivity contribution >= 4 is 47.7 Å². The van der Waals surface area contributed by atoms with Crippen LogP contribution >= 0.6 is 35.9 Å². The van der Waals surface area contributed by atoms with Crippen molar-refractivity contribution < 1.29 is 9.59 Å². The minimum Gasteiger partial charge on any atom is -0.355 e. The summed E-state index contributed by atoms with van der Waals surface area (Å²) in [6, 6.07) is 0. The predicted octanol–water partition coefficient (Wildman–Crippen LogP) is 2.58. The molecule has 0 aliphatic carbocycles. The number of amides is 2. The third-order valence-electron chi connectivity index (χ3n) is 6.11. The van der Waals surface area contributed by atoms with Crippen molar-refractivity contribution in [1.82, 2.24) is 16.0 Å². The van der Waals surface area contributed by atoms with Gasteiger partial charge < -0.3 is 16.0 Å². The molecule has 8 heteroatoms. The van der Waals surface area contributed by atoms with Gasteiger partial charge in [-0.05, 0) is 64.0 Å². The molecule has 0 aromatic heterocycles. The molecule has 3 unspecified atom stereocenters. The van der Waals surface area contributed by atoms with Gasteiger partial charge in [-0.25, -0.2) is 0 Å². The van der Waals surface area contributed by atoms with E-state index in [1.165, 1.54) is 24.3 Å². The van der Waals surface area contributed by atoms with Crippen LogP contribution in [0, 0.1) is 5.41 Å². The Morgan fingerprint density at radius 2 is 1.56 bits per heavy atom. The lowest BCUT2D eigenvalue weighted by molar-refractivity contribution is -0.135. The van der Waals surface area contributed by atoms with Crippen molar-refractivity contribution in [3.8, 4) is 0 Å². The largest absolute Gasteiger partial charge is 0.355 e. The van der Waals surface area contributed by atoms with Crippen molar-refractivity contribution in [2.24, 2.45) is 5.41 Å². The quantitative estimate of drug-likeness (QED) is 0.573. The second kappa shape index (κ2) is 9.59. The molecular formula is C19H34ClN3O2S2. The van der Waals surface area contributed by atoms with Crippen molar-refractivity contribution in [3.05, 3.63) is 0 Å². The Morgan fingerprint density at radius 1 is 0.963 bits per heavy atom. The summed E-state index contributed by atoms with van der Waals surface area (Å²) >= 11 is 3.90. The van der Waals surface area contributed by atoms with Crippen LogP contribution < -0.4 is 16.0 Å². The van der Waals surface area contributed by atoms with Crippen LogP contribution in [0.25, 0.3) is 0 Å².